The minimum Gasteiger partial charge on any atom is -0.311 e. The molecule has 106 valence electrons. The molecule has 0 saturated heterocycles. The largest absolute Gasteiger partial charge is 0.311 e. The Labute approximate surface area is 134 Å². The maximum absolute atomic E-state index is 2.26. The highest BCUT2D eigenvalue weighted by Crippen LogP contribution is 2.38. The Hall–Kier alpha value is -2.45. The topological polar surface area (TPSA) is 4.41 Å². The number of pyridine rings is 1. The first-order chi connectivity index (χ1) is 10.9. The first-order valence-corrected chi connectivity index (χ1v) is 8.12. The number of nitrogens with zero attached hydrogens (tertiary/aromatic N) is 1. The van der Waals surface area contributed by atoms with Crippen molar-refractivity contribution in [2.45, 2.75) is 9.92 Å². The lowest BCUT2D eigenvalue weighted by atomic mass is 10.1. The van der Waals surface area contributed by atoms with Crippen molar-refractivity contribution in [1.29, 1.82) is 0 Å². The molecule has 0 N–H and O–H groups in total. The molecular formula is C20H15NS. The molecule has 2 aromatic carbocycles. The molecule has 0 aliphatic carbocycles. The van der Waals surface area contributed by atoms with Crippen molar-refractivity contribution in [2.24, 2.45) is 0 Å². The van der Waals surface area contributed by atoms with Gasteiger partial charge in [0.05, 0.1) is 5.03 Å². The summed E-state index contributed by atoms with van der Waals surface area (Å²) in [6, 6.07) is 29.7. The first-order valence-electron chi connectivity index (χ1n) is 7.30. The van der Waals surface area contributed by atoms with Gasteiger partial charge in [0.1, 0.15) is 0 Å². The van der Waals surface area contributed by atoms with Gasteiger partial charge in [0.15, 0.2) is 0 Å². The number of benzene rings is 2. The average molecular weight is 301 g/mol. The molecule has 22 heavy (non-hydrogen) atoms. The molecule has 2 heteroatoms. The molecule has 0 aliphatic rings. The van der Waals surface area contributed by atoms with E-state index in [0.717, 1.165) is 0 Å². The van der Waals surface area contributed by atoms with Gasteiger partial charge in [0.2, 0.25) is 0 Å². The van der Waals surface area contributed by atoms with E-state index in [9.17, 15) is 0 Å². The van der Waals surface area contributed by atoms with Crippen molar-refractivity contribution in [3.05, 3.63) is 91.1 Å². The number of hydrogen-bond donors (Lipinski definition) is 0. The third kappa shape index (κ3) is 2.42. The van der Waals surface area contributed by atoms with Crippen LogP contribution in [0.15, 0.2) is 101 Å². The van der Waals surface area contributed by atoms with Gasteiger partial charge in [-0.1, -0.05) is 66.4 Å². The highest BCUT2D eigenvalue weighted by atomic mass is 32.2. The van der Waals surface area contributed by atoms with Crippen LogP contribution in [-0.4, -0.2) is 4.40 Å². The maximum atomic E-state index is 2.26. The van der Waals surface area contributed by atoms with Crippen LogP contribution in [0.1, 0.15) is 0 Å². The normalized spacial score (nSPS) is 10.9. The second-order valence-electron chi connectivity index (χ2n) is 5.14. The molecular weight excluding hydrogens is 286 g/mol. The maximum Gasteiger partial charge on any atom is 0.0922 e. The molecule has 0 spiro atoms. The standard InChI is InChI=1S/C20H15NS/c1-3-9-16(10-4-1)19-15-17-11-7-8-14-21(17)20(19)22-18-12-5-2-6-13-18/h1-15H. The van der Waals surface area contributed by atoms with Gasteiger partial charge in [0.25, 0.3) is 0 Å². The van der Waals surface area contributed by atoms with Gasteiger partial charge in [-0.25, -0.2) is 0 Å². The number of hydrogen-bond acceptors (Lipinski definition) is 1. The van der Waals surface area contributed by atoms with Gasteiger partial charge in [-0.05, 0) is 35.9 Å². The third-order valence-corrected chi connectivity index (χ3v) is 4.79. The minimum atomic E-state index is 1.22. The zero-order valence-electron chi connectivity index (χ0n) is 12.0. The number of fused-ring (bicyclic) bond motifs is 1. The van der Waals surface area contributed by atoms with Crippen LogP contribution in [-0.2, 0) is 0 Å². The van der Waals surface area contributed by atoms with Crippen molar-refractivity contribution >= 4 is 17.3 Å². The number of aromatic nitrogens is 1. The van der Waals surface area contributed by atoms with E-state index in [1.165, 1.54) is 26.6 Å². The molecule has 0 unspecified atom stereocenters. The zero-order valence-corrected chi connectivity index (χ0v) is 12.8. The van der Waals surface area contributed by atoms with Crippen LogP contribution >= 0.6 is 11.8 Å². The molecule has 0 amide bonds. The quantitative estimate of drug-likeness (QED) is 0.465. The van der Waals surface area contributed by atoms with E-state index in [-0.39, 0.29) is 0 Å². The van der Waals surface area contributed by atoms with E-state index < -0.39 is 0 Å². The molecule has 0 bridgehead atoms. The Balaban J connectivity index is 1.91. The van der Waals surface area contributed by atoms with Gasteiger partial charge < -0.3 is 4.40 Å². The molecule has 0 atom stereocenters. The van der Waals surface area contributed by atoms with Crippen LogP contribution in [0.2, 0.25) is 0 Å². The Bertz CT molecular complexity index is 895. The summed E-state index contributed by atoms with van der Waals surface area (Å²) in [6.45, 7) is 0. The van der Waals surface area contributed by atoms with Crippen molar-refractivity contribution in [2.75, 3.05) is 0 Å². The van der Waals surface area contributed by atoms with Crippen LogP contribution in [0, 0.1) is 0 Å². The van der Waals surface area contributed by atoms with E-state index in [2.05, 4.69) is 95.5 Å². The van der Waals surface area contributed by atoms with Gasteiger partial charge in [0, 0.05) is 22.2 Å². The van der Waals surface area contributed by atoms with Crippen LogP contribution < -0.4 is 0 Å². The molecule has 0 radical (unpaired) electrons. The van der Waals surface area contributed by atoms with Gasteiger partial charge in [-0.2, -0.15) is 0 Å². The molecule has 1 nitrogen and oxygen atoms in total. The minimum absolute atomic E-state index is 1.22. The summed E-state index contributed by atoms with van der Waals surface area (Å²) < 4.78 is 2.26. The molecule has 0 aliphatic heterocycles. The first kappa shape index (κ1) is 13.2. The van der Waals surface area contributed by atoms with E-state index in [1.807, 2.05) is 11.8 Å². The Kier molecular flexibility index (Phi) is 3.45. The van der Waals surface area contributed by atoms with E-state index in [1.54, 1.807) is 0 Å². The lowest BCUT2D eigenvalue weighted by Gasteiger charge is -2.07. The highest BCUT2D eigenvalue weighted by molar-refractivity contribution is 7.99. The molecule has 4 rings (SSSR count). The van der Waals surface area contributed by atoms with Crippen LogP contribution in [0.25, 0.3) is 16.6 Å². The van der Waals surface area contributed by atoms with Gasteiger partial charge >= 0.3 is 0 Å². The molecule has 2 aromatic heterocycles. The van der Waals surface area contributed by atoms with Crippen molar-refractivity contribution in [3.8, 4) is 11.1 Å². The summed E-state index contributed by atoms with van der Waals surface area (Å²) in [5.41, 5.74) is 3.75. The molecule has 2 heterocycles. The lowest BCUT2D eigenvalue weighted by Crippen LogP contribution is -1.86. The monoisotopic (exact) mass is 301 g/mol. The SMILES string of the molecule is c1ccc(Sc2c(-c3ccccc3)cc3ccccn23)cc1. The van der Waals surface area contributed by atoms with E-state index in [4.69, 9.17) is 0 Å². The van der Waals surface area contributed by atoms with Crippen LogP contribution in [0.5, 0.6) is 0 Å². The summed E-state index contributed by atoms with van der Waals surface area (Å²) >= 11 is 1.81. The number of rotatable bonds is 3. The smallest absolute Gasteiger partial charge is 0.0922 e. The Morgan fingerprint density at radius 2 is 1.36 bits per heavy atom. The summed E-state index contributed by atoms with van der Waals surface area (Å²) in [6.07, 6.45) is 2.13. The highest BCUT2D eigenvalue weighted by Gasteiger charge is 2.12. The Morgan fingerprint density at radius 1 is 0.682 bits per heavy atom. The Morgan fingerprint density at radius 3 is 2.14 bits per heavy atom. The van der Waals surface area contributed by atoms with Gasteiger partial charge in [-0.3, -0.25) is 0 Å². The fraction of sp³-hybridized carbons (Fsp3) is 0. The van der Waals surface area contributed by atoms with Crippen molar-refractivity contribution in [1.82, 2.24) is 4.40 Å². The summed E-state index contributed by atoms with van der Waals surface area (Å²) in [7, 11) is 0. The van der Waals surface area contributed by atoms with Crippen molar-refractivity contribution < 1.29 is 0 Å². The van der Waals surface area contributed by atoms with Gasteiger partial charge in [-0.15, -0.1) is 0 Å². The summed E-state index contributed by atoms with van der Waals surface area (Å²) in [5, 5.41) is 1.26. The van der Waals surface area contributed by atoms with Crippen LogP contribution in [0.4, 0.5) is 0 Å². The average Bonchev–Trinajstić information content (AvgIpc) is 2.95. The van der Waals surface area contributed by atoms with Crippen molar-refractivity contribution in [3.63, 3.8) is 0 Å². The molecule has 0 fully saturated rings. The molecule has 4 aromatic rings. The van der Waals surface area contributed by atoms with E-state index >= 15 is 0 Å². The van der Waals surface area contributed by atoms with Crippen LogP contribution in [0.3, 0.4) is 0 Å². The predicted molar refractivity (Wildman–Crippen MR) is 93.4 cm³/mol. The fourth-order valence-corrected chi connectivity index (χ4v) is 3.69. The lowest BCUT2D eigenvalue weighted by molar-refractivity contribution is 1.05. The summed E-state index contributed by atoms with van der Waals surface area (Å²) in [4.78, 5) is 1.25. The van der Waals surface area contributed by atoms with E-state index in [0.29, 0.717) is 0 Å². The fourth-order valence-electron chi connectivity index (χ4n) is 2.63. The second kappa shape index (κ2) is 5.74. The summed E-state index contributed by atoms with van der Waals surface area (Å²) in [5.74, 6) is 0. The predicted octanol–water partition coefficient (Wildman–Crippen LogP) is 5.76. The zero-order chi connectivity index (χ0) is 14.8. The second-order valence-corrected chi connectivity index (χ2v) is 6.20. The third-order valence-electron chi connectivity index (χ3n) is 3.68. The molecule has 0 saturated carbocycles.